The summed E-state index contributed by atoms with van der Waals surface area (Å²) in [4.78, 5) is 33.2. The summed E-state index contributed by atoms with van der Waals surface area (Å²) < 4.78 is 11.1. The van der Waals surface area contributed by atoms with Gasteiger partial charge in [-0.15, -0.1) is 0 Å². The number of rotatable bonds is 2. The van der Waals surface area contributed by atoms with E-state index in [2.05, 4.69) is 4.98 Å². The molecule has 0 bridgehead atoms. The topological polar surface area (TPSA) is 72.0 Å². The van der Waals surface area contributed by atoms with Crippen LogP contribution in [0.2, 0.25) is 0 Å². The minimum Gasteiger partial charge on any atom is -0.486 e. The number of fused-ring (bicyclic) bond motifs is 1. The average Bonchev–Trinajstić information content (AvgIpc) is 2.99. The van der Waals surface area contributed by atoms with Gasteiger partial charge in [0, 0.05) is 37.9 Å². The van der Waals surface area contributed by atoms with Crippen molar-refractivity contribution in [1.82, 2.24) is 14.8 Å². The number of hydrogen-bond donors (Lipinski definition) is 0. The zero-order chi connectivity index (χ0) is 18.6. The van der Waals surface area contributed by atoms with E-state index in [1.165, 1.54) is 0 Å². The third-order valence-electron chi connectivity index (χ3n) is 4.74. The van der Waals surface area contributed by atoms with Crippen LogP contribution in [0.25, 0.3) is 0 Å². The van der Waals surface area contributed by atoms with E-state index in [0.717, 1.165) is 6.42 Å². The summed E-state index contributed by atoms with van der Waals surface area (Å²) in [5.41, 5.74) is 1.01. The summed E-state index contributed by atoms with van der Waals surface area (Å²) in [6, 6.07) is 10.6. The van der Waals surface area contributed by atoms with Crippen molar-refractivity contribution in [2.24, 2.45) is 0 Å². The van der Waals surface area contributed by atoms with E-state index in [0.29, 0.717) is 62.1 Å². The van der Waals surface area contributed by atoms with Crippen molar-refractivity contribution in [3.05, 3.63) is 53.9 Å². The number of aromatic nitrogens is 1. The van der Waals surface area contributed by atoms with Crippen LogP contribution in [0.1, 0.15) is 27.3 Å². The fourth-order valence-corrected chi connectivity index (χ4v) is 3.33. The van der Waals surface area contributed by atoms with Gasteiger partial charge in [0.1, 0.15) is 18.9 Å². The first kappa shape index (κ1) is 17.3. The maximum absolute atomic E-state index is 12.9. The van der Waals surface area contributed by atoms with E-state index >= 15 is 0 Å². The molecule has 0 radical (unpaired) electrons. The van der Waals surface area contributed by atoms with Gasteiger partial charge in [0.25, 0.3) is 11.8 Å². The molecule has 0 saturated carbocycles. The minimum absolute atomic E-state index is 0.0564. The molecule has 7 heteroatoms. The van der Waals surface area contributed by atoms with Crippen LogP contribution in [-0.2, 0) is 0 Å². The Morgan fingerprint density at radius 2 is 1.59 bits per heavy atom. The van der Waals surface area contributed by atoms with Gasteiger partial charge in [-0.3, -0.25) is 14.6 Å². The lowest BCUT2D eigenvalue weighted by Crippen LogP contribution is -2.37. The monoisotopic (exact) mass is 367 g/mol. The molecule has 1 aromatic heterocycles. The Kier molecular flexibility index (Phi) is 4.91. The number of benzene rings is 1. The van der Waals surface area contributed by atoms with E-state index in [9.17, 15) is 9.59 Å². The summed E-state index contributed by atoms with van der Waals surface area (Å²) in [6.45, 7) is 3.21. The molecule has 0 atom stereocenters. The lowest BCUT2D eigenvalue weighted by atomic mass is 10.1. The first-order valence-electron chi connectivity index (χ1n) is 9.11. The number of carbonyl (C=O) groups is 2. The van der Waals surface area contributed by atoms with Crippen molar-refractivity contribution < 1.29 is 19.1 Å². The molecule has 2 amide bonds. The third-order valence-corrected chi connectivity index (χ3v) is 4.74. The molecule has 0 unspecified atom stereocenters. The fraction of sp³-hybridized carbons (Fsp3) is 0.350. The fourth-order valence-electron chi connectivity index (χ4n) is 3.33. The third kappa shape index (κ3) is 3.72. The molecule has 2 aliphatic heterocycles. The second kappa shape index (κ2) is 7.65. The van der Waals surface area contributed by atoms with Crippen LogP contribution in [-0.4, -0.2) is 66.0 Å². The van der Waals surface area contributed by atoms with Gasteiger partial charge in [0.05, 0.1) is 0 Å². The zero-order valence-electron chi connectivity index (χ0n) is 15.0. The number of hydrogen-bond acceptors (Lipinski definition) is 5. The van der Waals surface area contributed by atoms with Gasteiger partial charge in [-0.1, -0.05) is 6.07 Å². The maximum atomic E-state index is 12.9. The van der Waals surface area contributed by atoms with E-state index in [1.54, 1.807) is 52.4 Å². The molecular formula is C20H21N3O4. The van der Waals surface area contributed by atoms with Gasteiger partial charge in [-0.05, 0) is 36.8 Å². The summed E-state index contributed by atoms with van der Waals surface area (Å²) in [7, 11) is 0. The lowest BCUT2D eigenvalue weighted by molar-refractivity contribution is 0.0715. The molecule has 1 saturated heterocycles. The highest BCUT2D eigenvalue weighted by atomic mass is 16.6. The molecule has 0 N–H and O–H groups in total. The highest BCUT2D eigenvalue weighted by Crippen LogP contribution is 2.31. The maximum Gasteiger partial charge on any atom is 0.272 e. The molecule has 2 aromatic rings. The Balaban J connectivity index is 1.43. The van der Waals surface area contributed by atoms with Crippen LogP contribution in [0.15, 0.2) is 42.6 Å². The lowest BCUT2D eigenvalue weighted by Gasteiger charge is -2.23. The van der Waals surface area contributed by atoms with Gasteiger partial charge < -0.3 is 19.3 Å². The van der Waals surface area contributed by atoms with Crippen molar-refractivity contribution in [2.45, 2.75) is 6.42 Å². The summed E-state index contributed by atoms with van der Waals surface area (Å²) >= 11 is 0. The van der Waals surface area contributed by atoms with Gasteiger partial charge in [0.2, 0.25) is 0 Å². The van der Waals surface area contributed by atoms with Crippen LogP contribution in [0.5, 0.6) is 11.5 Å². The van der Waals surface area contributed by atoms with Crippen LogP contribution < -0.4 is 9.47 Å². The first-order valence-corrected chi connectivity index (χ1v) is 9.11. The molecule has 3 heterocycles. The predicted octanol–water partition coefficient (Wildman–Crippen LogP) is 1.84. The Morgan fingerprint density at radius 3 is 2.33 bits per heavy atom. The largest absolute Gasteiger partial charge is 0.486 e. The molecule has 0 aliphatic carbocycles. The number of ether oxygens (including phenoxy) is 2. The number of pyridine rings is 1. The predicted molar refractivity (Wildman–Crippen MR) is 98.1 cm³/mol. The molecule has 27 heavy (non-hydrogen) atoms. The van der Waals surface area contributed by atoms with Crippen LogP contribution in [0.3, 0.4) is 0 Å². The van der Waals surface area contributed by atoms with Gasteiger partial charge >= 0.3 is 0 Å². The highest BCUT2D eigenvalue weighted by Gasteiger charge is 2.25. The smallest absolute Gasteiger partial charge is 0.272 e. The van der Waals surface area contributed by atoms with Gasteiger partial charge in [0.15, 0.2) is 11.5 Å². The summed E-state index contributed by atoms with van der Waals surface area (Å²) in [5, 5.41) is 0. The normalized spacial score (nSPS) is 16.6. The van der Waals surface area contributed by atoms with Crippen molar-refractivity contribution in [3.8, 4) is 11.5 Å². The molecule has 1 fully saturated rings. The van der Waals surface area contributed by atoms with E-state index in [-0.39, 0.29) is 11.8 Å². The molecule has 0 spiro atoms. The van der Waals surface area contributed by atoms with Crippen LogP contribution in [0.4, 0.5) is 0 Å². The minimum atomic E-state index is -0.0933. The first-order chi connectivity index (χ1) is 13.2. The summed E-state index contributed by atoms with van der Waals surface area (Å²) in [5.74, 6) is 1.12. The quantitative estimate of drug-likeness (QED) is 0.810. The van der Waals surface area contributed by atoms with Gasteiger partial charge in [-0.25, -0.2) is 0 Å². The Labute approximate surface area is 157 Å². The van der Waals surface area contributed by atoms with E-state index < -0.39 is 0 Å². The van der Waals surface area contributed by atoms with Crippen molar-refractivity contribution >= 4 is 11.8 Å². The van der Waals surface area contributed by atoms with E-state index in [1.807, 2.05) is 0 Å². The molecule has 2 aliphatic rings. The van der Waals surface area contributed by atoms with Crippen LogP contribution >= 0.6 is 0 Å². The van der Waals surface area contributed by atoms with Crippen molar-refractivity contribution in [2.75, 3.05) is 39.4 Å². The zero-order valence-corrected chi connectivity index (χ0v) is 15.0. The number of amides is 2. The molecule has 4 rings (SSSR count). The second-order valence-electron chi connectivity index (χ2n) is 6.51. The molecule has 7 nitrogen and oxygen atoms in total. The van der Waals surface area contributed by atoms with Gasteiger partial charge in [-0.2, -0.15) is 0 Å². The van der Waals surface area contributed by atoms with E-state index in [4.69, 9.17) is 9.47 Å². The summed E-state index contributed by atoms with van der Waals surface area (Å²) in [6.07, 6.45) is 2.34. The SMILES string of the molecule is O=C(c1ccc2c(c1)OCCO2)N1CCCN(C(=O)c2ccccn2)CC1. The molecule has 1 aromatic carbocycles. The molecular weight excluding hydrogens is 346 g/mol. The number of carbonyl (C=O) groups excluding carboxylic acids is 2. The number of nitrogens with zero attached hydrogens (tertiary/aromatic N) is 3. The standard InChI is InChI=1S/C20H21N3O4/c24-19(15-5-6-17-18(14-15)27-13-12-26-17)22-8-3-9-23(11-10-22)20(25)16-4-1-2-7-21-16/h1-2,4-7,14H,3,8-13H2. The molecule has 140 valence electrons. The Morgan fingerprint density at radius 1 is 0.852 bits per heavy atom. The highest BCUT2D eigenvalue weighted by molar-refractivity contribution is 5.95. The average molecular weight is 367 g/mol. The van der Waals surface area contributed by atoms with Crippen molar-refractivity contribution in [3.63, 3.8) is 0 Å². The Bertz CT molecular complexity index is 840. The Hall–Kier alpha value is -3.09. The van der Waals surface area contributed by atoms with Crippen molar-refractivity contribution in [1.29, 1.82) is 0 Å². The second-order valence-corrected chi connectivity index (χ2v) is 6.51. The van der Waals surface area contributed by atoms with Crippen LogP contribution in [0, 0.1) is 0 Å².